The summed E-state index contributed by atoms with van der Waals surface area (Å²) < 4.78 is 5.07. The lowest BCUT2D eigenvalue weighted by Crippen LogP contribution is -2.26. The molecule has 0 bridgehead atoms. The van der Waals surface area contributed by atoms with Crippen LogP contribution in [0.25, 0.3) is 0 Å². The first-order valence-electron chi connectivity index (χ1n) is 6.33. The minimum Gasteiger partial charge on any atom is -0.462 e. The SMILES string of the molecule is CCCOC(=O)c1ccc(NC2CCC2)cc1. The average Bonchev–Trinajstić information content (AvgIpc) is 2.31. The molecule has 0 radical (unpaired) electrons. The number of benzene rings is 1. The van der Waals surface area contributed by atoms with Gasteiger partial charge in [0.15, 0.2) is 0 Å². The van der Waals surface area contributed by atoms with Gasteiger partial charge >= 0.3 is 5.97 Å². The fraction of sp³-hybridized carbons (Fsp3) is 0.500. The molecule has 0 aliphatic heterocycles. The highest BCUT2D eigenvalue weighted by Crippen LogP contribution is 2.23. The molecule has 0 amide bonds. The first-order valence-corrected chi connectivity index (χ1v) is 6.33. The predicted octanol–water partition coefficient (Wildman–Crippen LogP) is 3.22. The number of nitrogens with one attached hydrogen (secondary N) is 1. The van der Waals surface area contributed by atoms with Crippen LogP contribution in [0.15, 0.2) is 24.3 Å². The van der Waals surface area contributed by atoms with E-state index < -0.39 is 0 Å². The number of esters is 1. The molecule has 0 heterocycles. The Balaban J connectivity index is 1.89. The maximum Gasteiger partial charge on any atom is 0.338 e. The molecule has 1 aliphatic rings. The van der Waals surface area contributed by atoms with Crippen molar-refractivity contribution in [3.05, 3.63) is 29.8 Å². The van der Waals surface area contributed by atoms with Crippen LogP contribution in [0.1, 0.15) is 43.0 Å². The van der Waals surface area contributed by atoms with E-state index in [1.165, 1.54) is 19.3 Å². The van der Waals surface area contributed by atoms with Gasteiger partial charge in [0.25, 0.3) is 0 Å². The molecule has 0 saturated heterocycles. The van der Waals surface area contributed by atoms with Crippen molar-refractivity contribution in [1.29, 1.82) is 0 Å². The molecule has 1 saturated carbocycles. The third kappa shape index (κ3) is 3.22. The van der Waals surface area contributed by atoms with Crippen LogP contribution in [-0.2, 0) is 4.74 Å². The van der Waals surface area contributed by atoms with E-state index in [0.29, 0.717) is 18.2 Å². The second-order valence-electron chi connectivity index (χ2n) is 4.49. The highest BCUT2D eigenvalue weighted by Gasteiger charge is 2.16. The molecule has 0 atom stereocenters. The molecule has 1 N–H and O–H groups in total. The number of ether oxygens (including phenoxy) is 1. The van der Waals surface area contributed by atoms with Gasteiger partial charge in [-0.15, -0.1) is 0 Å². The van der Waals surface area contributed by atoms with Crippen molar-refractivity contribution in [2.24, 2.45) is 0 Å². The lowest BCUT2D eigenvalue weighted by atomic mass is 9.93. The van der Waals surface area contributed by atoms with Gasteiger partial charge in [-0.2, -0.15) is 0 Å². The normalized spacial score (nSPS) is 15.1. The van der Waals surface area contributed by atoms with Crippen LogP contribution in [0, 0.1) is 0 Å². The summed E-state index contributed by atoms with van der Waals surface area (Å²) in [6.07, 6.45) is 4.67. The summed E-state index contributed by atoms with van der Waals surface area (Å²) in [7, 11) is 0. The van der Waals surface area contributed by atoms with Crippen molar-refractivity contribution >= 4 is 11.7 Å². The standard InChI is InChI=1S/C14H19NO2/c1-2-10-17-14(16)11-6-8-13(9-7-11)15-12-4-3-5-12/h6-9,12,15H,2-5,10H2,1H3. The van der Waals surface area contributed by atoms with Gasteiger partial charge in [0, 0.05) is 11.7 Å². The van der Waals surface area contributed by atoms with Crippen molar-refractivity contribution in [2.45, 2.75) is 38.6 Å². The van der Waals surface area contributed by atoms with Gasteiger partial charge < -0.3 is 10.1 Å². The van der Waals surface area contributed by atoms with Gasteiger partial charge in [-0.3, -0.25) is 0 Å². The third-order valence-corrected chi connectivity index (χ3v) is 3.03. The molecule has 3 nitrogen and oxygen atoms in total. The molecule has 17 heavy (non-hydrogen) atoms. The van der Waals surface area contributed by atoms with Gasteiger partial charge in [-0.05, 0) is 49.9 Å². The fourth-order valence-corrected chi connectivity index (χ4v) is 1.77. The van der Waals surface area contributed by atoms with E-state index >= 15 is 0 Å². The molecule has 92 valence electrons. The van der Waals surface area contributed by atoms with Gasteiger partial charge in [0.05, 0.1) is 12.2 Å². The second kappa shape index (κ2) is 5.71. The maximum atomic E-state index is 11.6. The van der Waals surface area contributed by atoms with E-state index in [4.69, 9.17) is 4.74 Å². The quantitative estimate of drug-likeness (QED) is 0.793. The molecule has 1 aromatic carbocycles. The highest BCUT2D eigenvalue weighted by molar-refractivity contribution is 5.89. The molecule has 0 spiro atoms. The van der Waals surface area contributed by atoms with Gasteiger partial charge in [-0.1, -0.05) is 6.92 Å². The van der Waals surface area contributed by atoms with Crippen LogP contribution in [-0.4, -0.2) is 18.6 Å². The Morgan fingerprint density at radius 2 is 2.06 bits per heavy atom. The Hall–Kier alpha value is -1.51. The van der Waals surface area contributed by atoms with Gasteiger partial charge in [0.2, 0.25) is 0 Å². The van der Waals surface area contributed by atoms with E-state index in [2.05, 4.69) is 5.32 Å². The molecule has 2 rings (SSSR count). The van der Waals surface area contributed by atoms with Crippen LogP contribution in [0.4, 0.5) is 5.69 Å². The maximum absolute atomic E-state index is 11.6. The summed E-state index contributed by atoms with van der Waals surface area (Å²) in [5, 5.41) is 3.44. The summed E-state index contributed by atoms with van der Waals surface area (Å²) >= 11 is 0. The van der Waals surface area contributed by atoms with E-state index in [1.807, 2.05) is 31.2 Å². The highest BCUT2D eigenvalue weighted by atomic mass is 16.5. The first-order chi connectivity index (χ1) is 8.29. The van der Waals surface area contributed by atoms with Crippen molar-refractivity contribution in [1.82, 2.24) is 0 Å². The number of carbonyl (C=O) groups is 1. The average molecular weight is 233 g/mol. The van der Waals surface area contributed by atoms with E-state index in [0.717, 1.165) is 12.1 Å². The Morgan fingerprint density at radius 3 is 2.59 bits per heavy atom. The van der Waals surface area contributed by atoms with E-state index in [1.54, 1.807) is 0 Å². The molecule has 1 fully saturated rings. The van der Waals surface area contributed by atoms with Crippen LogP contribution in [0.5, 0.6) is 0 Å². The van der Waals surface area contributed by atoms with Crippen LogP contribution < -0.4 is 5.32 Å². The Labute approximate surface area is 102 Å². The lowest BCUT2D eigenvalue weighted by molar-refractivity contribution is 0.0505. The molecular formula is C14H19NO2. The predicted molar refractivity (Wildman–Crippen MR) is 68.3 cm³/mol. The van der Waals surface area contributed by atoms with E-state index in [9.17, 15) is 4.79 Å². The van der Waals surface area contributed by atoms with Gasteiger partial charge in [0.1, 0.15) is 0 Å². The lowest BCUT2D eigenvalue weighted by Gasteiger charge is -2.27. The fourth-order valence-electron chi connectivity index (χ4n) is 1.77. The Bertz CT molecular complexity index is 368. The van der Waals surface area contributed by atoms with Crippen molar-refractivity contribution in [3.8, 4) is 0 Å². The minimum absolute atomic E-state index is 0.234. The molecule has 1 aromatic rings. The van der Waals surface area contributed by atoms with Crippen molar-refractivity contribution < 1.29 is 9.53 Å². The summed E-state index contributed by atoms with van der Waals surface area (Å²) in [5.74, 6) is -0.234. The van der Waals surface area contributed by atoms with Crippen molar-refractivity contribution in [3.63, 3.8) is 0 Å². The topological polar surface area (TPSA) is 38.3 Å². The minimum atomic E-state index is -0.234. The summed E-state index contributed by atoms with van der Waals surface area (Å²) in [4.78, 5) is 11.6. The van der Waals surface area contributed by atoms with Crippen molar-refractivity contribution in [2.75, 3.05) is 11.9 Å². The molecule has 3 heteroatoms. The Kier molecular flexibility index (Phi) is 4.02. The number of hydrogen-bond donors (Lipinski definition) is 1. The van der Waals surface area contributed by atoms with Crippen LogP contribution >= 0.6 is 0 Å². The summed E-state index contributed by atoms with van der Waals surface area (Å²) in [6.45, 7) is 2.47. The zero-order valence-electron chi connectivity index (χ0n) is 10.2. The van der Waals surface area contributed by atoms with Crippen LogP contribution in [0.3, 0.4) is 0 Å². The van der Waals surface area contributed by atoms with Gasteiger partial charge in [-0.25, -0.2) is 4.79 Å². The molecule has 0 unspecified atom stereocenters. The van der Waals surface area contributed by atoms with E-state index in [-0.39, 0.29) is 5.97 Å². The number of carbonyl (C=O) groups excluding carboxylic acids is 1. The third-order valence-electron chi connectivity index (χ3n) is 3.03. The van der Waals surface area contributed by atoms with Crippen LogP contribution in [0.2, 0.25) is 0 Å². The zero-order valence-corrected chi connectivity index (χ0v) is 10.2. The molecule has 0 aromatic heterocycles. The smallest absolute Gasteiger partial charge is 0.338 e. The number of anilines is 1. The second-order valence-corrected chi connectivity index (χ2v) is 4.49. The monoisotopic (exact) mass is 233 g/mol. The number of hydrogen-bond acceptors (Lipinski definition) is 3. The first kappa shape index (κ1) is 12.0. The summed E-state index contributed by atoms with van der Waals surface area (Å²) in [5.41, 5.74) is 1.71. The molecular weight excluding hydrogens is 214 g/mol. The largest absolute Gasteiger partial charge is 0.462 e. The Morgan fingerprint density at radius 1 is 1.35 bits per heavy atom. The number of rotatable bonds is 5. The molecule has 1 aliphatic carbocycles. The summed E-state index contributed by atoms with van der Waals surface area (Å²) in [6, 6.07) is 8.15. The zero-order chi connectivity index (χ0) is 12.1.